The second kappa shape index (κ2) is 7.61. The van der Waals surface area contributed by atoms with Crippen LogP contribution in [0.2, 0.25) is 0 Å². The van der Waals surface area contributed by atoms with Gasteiger partial charge in [-0.2, -0.15) is 0 Å². The van der Waals surface area contributed by atoms with Crippen molar-refractivity contribution in [1.82, 2.24) is 0 Å². The number of hydrogen-bond acceptors (Lipinski definition) is 2. The molecule has 7 aromatic rings. The van der Waals surface area contributed by atoms with Gasteiger partial charge >= 0.3 is 0 Å². The molecule has 8 rings (SSSR count). The van der Waals surface area contributed by atoms with Gasteiger partial charge in [0.1, 0.15) is 11.2 Å². The van der Waals surface area contributed by atoms with Gasteiger partial charge in [-0.15, -0.1) is 0 Å². The maximum atomic E-state index is 6.16. The van der Waals surface area contributed by atoms with Crippen molar-refractivity contribution in [3.05, 3.63) is 121 Å². The molecule has 0 bridgehead atoms. The molecule has 6 aromatic carbocycles. The van der Waals surface area contributed by atoms with E-state index >= 15 is 0 Å². The summed E-state index contributed by atoms with van der Waals surface area (Å²) in [6.45, 7) is 0. The van der Waals surface area contributed by atoms with Crippen LogP contribution in [0.15, 0.2) is 136 Å². The lowest BCUT2D eigenvalue weighted by molar-refractivity contribution is 0.669. The summed E-state index contributed by atoms with van der Waals surface area (Å²) in [5, 5.41) is 4.98. The fourth-order valence-corrected chi connectivity index (χ4v) is 6.73. The molecule has 0 saturated heterocycles. The van der Waals surface area contributed by atoms with Crippen molar-refractivity contribution >= 4 is 44.5 Å². The van der Waals surface area contributed by atoms with Gasteiger partial charge in [0.15, 0.2) is 0 Å². The Morgan fingerprint density at radius 3 is 2.17 bits per heavy atom. The van der Waals surface area contributed by atoms with E-state index in [0.717, 1.165) is 27.5 Å². The summed E-state index contributed by atoms with van der Waals surface area (Å²) in [7, 11) is 0. The van der Waals surface area contributed by atoms with Crippen molar-refractivity contribution in [2.75, 3.05) is 0 Å². The molecule has 1 aliphatic rings. The maximum Gasteiger partial charge on any atom is 0.136 e. The number of hydrogen-bond donors (Lipinski definition) is 0. The van der Waals surface area contributed by atoms with Gasteiger partial charge in [0.2, 0.25) is 0 Å². The van der Waals surface area contributed by atoms with Crippen molar-refractivity contribution in [1.29, 1.82) is 0 Å². The van der Waals surface area contributed by atoms with E-state index in [1.165, 1.54) is 48.4 Å². The normalized spacial score (nSPS) is 12.3. The fourth-order valence-electron chi connectivity index (χ4n) is 5.60. The second-order valence-electron chi connectivity index (χ2n) is 9.33. The highest BCUT2D eigenvalue weighted by molar-refractivity contribution is 7.99. The Balaban J connectivity index is 1.29. The minimum Gasteiger partial charge on any atom is -0.456 e. The highest BCUT2D eigenvalue weighted by Gasteiger charge is 2.20. The van der Waals surface area contributed by atoms with Gasteiger partial charge in [0.05, 0.1) is 0 Å². The molecule has 0 atom stereocenters. The van der Waals surface area contributed by atoms with E-state index in [4.69, 9.17) is 4.42 Å². The molecule has 0 amide bonds. The topological polar surface area (TPSA) is 13.1 Å². The average Bonchev–Trinajstić information content (AvgIpc) is 3.31. The predicted octanol–water partition coefficient (Wildman–Crippen LogP) is 10.2. The second-order valence-corrected chi connectivity index (χ2v) is 10.4. The lowest BCUT2D eigenvalue weighted by Crippen LogP contribution is -1.94. The Bertz CT molecular complexity index is 1980. The molecule has 1 aliphatic heterocycles. The number of rotatable bonds is 2. The average molecular weight is 477 g/mol. The number of benzene rings is 6. The van der Waals surface area contributed by atoms with E-state index in [1.807, 2.05) is 23.9 Å². The summed E-state index contributed by atoms with van der Waals surface area (Å²) in [5.74, 6) is 0. The molecule has 2 heteroatoms. The summed E-state index contributed by atoms with van der Waals surface area (Å²) in [5.41, 5.74) is 9.35. The van der Waals surface area contributed by atoms with Crippen molar-refractivity contribution < 1.29 is 4.42 Å². The molecule has 1 nitrogen and oxygen atoms in total. The van der Waals surface area contributed by atoms with Gasteiger partial charge in [-0.25, -0.2) is 0 Å². The number of furan rings is 1. The highest BCUT2D eigenvalue weighted by Crippen LogP contribution is 2.49. The van der Waals surface area contributed by atoms with Crippen LogP contribution in [-0.4, -0.2) is 0 Å². The zero-order chi connectivity index (χ0) is 23.6. The molecule has 0 fully saturated rings. The largest absolute Gasteiger partial charge is 0.456 e. The summed E-state index contributed by atoms with van der Waals surface area (Å²) >= 11 is 1.87. The van der Waals surface area contributed by atoms with Crippen LogP contribution in [0.4, 0.5) is 0 Å². The first-order valence-corrected chi connectivity index (χ1v) is 13.0. The van der Waals surface area contributed by atoms with E-state index in [2.05, 4.69) is 109 Å². The van der Waals surface area contributed by atoms with E-state index in [0.29, 0.717) is 0 Å². The first kappa shape index (κ1) is 20.0. The molecular weight excluding hydrogens is 456 g/mol. The Morgan fingerprint density at radius 1 is 0.417 bits per heavy atom. The third kappa shape index (κ3) is 2.92. The number of fused-ring (bicyclic) bond motifs is 5. The van der Waals surface area contributed by atoms with Crippen LogP contribution >= 0.6 is 11.8 Å². The molecule has 0 unspecified atom stereocenters. The summed E-state index contributed by atoms with van der Waals surface area (Å²) < 4.78 is 6.16. The SMILES string of the molecule is c1cc(-c2ccc3c(c2)oc2ccccc23)cc(-c2ccc3c4c(cccc24)-c2ccccc2S3)c1. The van der Waals surface area contributed by atoms with Crippen LogP contribution in [0.1, 0.15) is 0 Å². The van der Waals surface area contributed by atoms with Crippen molar-refractivity contribution in [2.45, 2.75) is 9.79 Å². The van der Waals surface area contributed by atoms with E-state index < -0.39 is 0 Å². The zero-order valence-corrected chi connectivity index (χ0v) is 20.2. The smallest absolute Gasteiger partial charge is 0.136 e. The van der Waals surface area contributed by atoms with Crippen molar-refractivity contribution in [2.24, 2.45) is 0 Å². The molecule has 0 radical (unpaired) electrons. The molecule has 0 spiro atoms. The Morgan fingerprint density at radius 2 is 1.17 bits per heavy atom. The molecular formula is C34H20OS. The molecule has 2 heterocycles. The Labute approximate surface area is 213 Å². The van der Waals surface area contributed by atoms with E-state index in [-0.39, 0.29) is 0 Å². The zero-order valence-electron chi connectivity index (χ0n) is 19.4. The minimum atomic E-state index is 0.927. The van der Waals surface area contributed by atoms with Crippen molar-refractivity contribution in [3.63, 3.8) is 0 Å². The van der Waals surface area contributed by atoms with Crippen LogP contribution in [-0.2, 0) is 0 Å². The summed E-state index contributed by atoms with van der Waals surface area (Å²) in [6.07, 6.45) is 0. The fraction of sp³-hybridized carbons (Fsp3) is 0. The van der Waals surface area contributed by atoms with Crippen LogP contribution in [0.5, 0.6) is 0 Å². The first-order valence-electron chi connectivity index (χ1n) is 12.2. The maximum absolute atomic E-state index is 6.16. The molecule has 1 aromatic heterocycles. The van der Waals surface area contributed by atoms with Gasteiger partial charge in [-0.05, 0) is 75.2 Å². The van der Waals surface area contributed by atoms with Crippen LogP contribution < -0.4 is 0 Å². The quantitative estimate of drug-likeness (QED) is 0.246. The first-order chi connectivity index (χ1) is 17.8. The summed E-state index contributed by atoms with van der Waals surface area (Å²) in [6, 6.07) is 43.6. The summed E-state index contributed by atoms with van der Waals surface area (Å²) in [4.78, 5) is 2.66. The minimum absolute atomic E-state index is 0.927. The lowest BCUT2D eigenvalue weighted by atomic mass is 9.91. The van der Waals surface area contributed by atoms with Gasteiger partial charge in [-0.1, -0.05) is 96.7 Å². The van der Waals surface area contributed by atoms with E-state index in [9.17, 15) is 0 Å². The van der Waals surface area contributed by atoms with E-state index in [1.54, 1.807) is 0 Å². The number of para-hydroxylation sites is 1. The molecule has 0 saturated carbocycles. The van der Waals surface area contributed by atoms with Crippen LogP contribution in [0.3, 0.4) is 0 Å². The molecule has 0 aliphatic carbocycles. The van der Waals surface area contributed by atoms with Crippen molar-refractivity contribution in [3.8, 4) is 33.4 Å². The lowest BCUT2D eigenvalue weighted by Gasteiger charge is -2.21. The van der Waals surface area contributed by atoms with Crippen LogP contribution in [0.25, 0.3) is 66.1 Å². The molecule has 168 valence electrons. The predicted molar refractivity (Wildman–Crippen MR) is 152 cm³/mol. The molecule has 36 heavy (non-hydrogen) atoms. The molecule has 0 N–H and O–H groups in total. The van der Waals surface area contributed by atoms with Gasteiger partial charge in [0.25, 0.3) is 0 Å². The highest BCUT2D eigenvalue weighted by atomic mass is 32.2. The third-order valence-electron chi connectivity index (χ3n) is 7.29. The van der Waals surface area contributed by atoms with Gasteiger partial charge in [-0.3, -0.25) is 0 Å². The van der Waals surface area contributed by atoms with Gasteiger partial charge < -0.3 is 4.42 Å². The standard InChI is InChI=1S/C34H20OS/c1-3-13-30-25(9-1)26-16-15-22(20-31(26)35-30)21-7-5-8-23(19-21)24-17-18-33-34-28(24)11-6-12-29(34)27-10-2-4-14-32(27)36-33/h1-20H. The monoisotopic (exact) mass is 476 g/mol. The Kier molecular flexibility index (Phi) is 4.22. The van der Waals surface area contributed by atoms with Gasteiger partial charge in [0, 0.05) is 25.9 Å². The van der Waals surface area contributed by atoms with Crippen LogP contribution in [0, 0.1) is 0 Å². The third-order valence-corrected chi connectivity index (χ3v) is 8.42. The Hall–Kier alpha value is -4.27.